The largest absolute Gasteiger partial charge is 0.306 e. The molecule has 0 N–H and O–H groups in total. The summed E-state index contributed by atoms with van der Waals surface area (Å²) in [4.78, 5) is 19.2. The van der Waals surface area contributed by atoms with Gasteiger partial charge in [0.25, 0.3) is 0 Å². The Morgan fingerprint density at radius 1 is 0.935 bits per heavy atom. The predicted octanol–water partition coefficient (Wildman–Crippen LogP) is 4.79. The van der Waals surface area contributed by atoms with E-state index >= 15 is 0 Å². The van der Waals surface area contributed by atoms with Crippen molar-refractivity contribution in [3.05, 3.63) is 95.4 Å². The molecule has 0 spiro atoms. The van der Waals surface area contributed by atoms with Gasteiger partial charge >= 0.3 is 0 Å². The number of amides is 1. The van der Waals surface area contributed by atoms with E-state index in [-0.39, 0.29) is 12.5 Å². The Morgan fingerprint density at radius 2 is 1.71 bits per heavy atom. The molecule has 0 fully saturated rings. The molecule has 0 aliphatic rings. The number of benzene rings is 2. The summed E-state index contributed by atoms with van der Waals surface area (Å²) >= 11 is 1.62. The van der Waals surface area contributed by atoms with Crippen molar-refractivity contribution in [1.29, 1.82) is 0 Å². The van der Waals surface area contributed by atoms with Crippen LogP contribution in [0.1, 0.15) is 5.56 Å². The molecule has 3 aromatic heterocycles. The summed E-state index contributed by atoms with van der Waals surface area (Å²) in [5.74, 6) is -0.0430. The quantitative estimate of drug-likeness (QED) is 0.392. The molecule has 0 atom stereocenters. The fraction of sp³-hybridized carbons (Fsp3) is 0.0833. The first-order chi connectivity index (χ1) is 15.3. The van der Waals surface area contributed by atoms with E-state index in [1.165, 1.54) is 0 Å². The Kier molecular flexibility index (Phi) is 5.24. The highest BCUT2D eigenvalue weighted by Crippen LogP contribution is 2.25. The molecule has 0 saturated heterocycles. The third-order valence-electron chi connectivity index (χ3n) is 5.12. The van der Waals surface area contributed by atoms with Gasteiger partial charge in [0.2, 0.25) is 5.91 Å². The van der Waals surface area contributed by atoms with Gasteiger partial charge in [0.05, 0.1) is 12.1 Å². The van der Waals surface area contributed by atoms with E-state index in [0.717, 1.165) is 33.4 Å². The fourth-order valence-electron chi connectivity index (χ4n) is 3.51. The summed E-state index contributed by atoms with van der Waals surface area (Å²) in [6.07, 6.45) is 3.55. The van der Waals surface area contributed by atoms with Gasteiger partial charge in [-0.05, 0) is 69.9 Å². The van der Waals surface area contributed by atoms with Gasteiger partial charge in [-0.15, -0.1) is 5.10 Å². The Labute approximate surface area is 183 Å². The van der Waals surface area contributed by atoms with Gasteiger partial charge < -0.3 is 4.90 Å². The molecule has 6 nitrogen and oxygen atoms in total. The number of carbonyl (C=O) groups is 1. The van der Waals surface area contributed by atoms with E-state index < -0.39 is 0 Å². The fourth-order valence-corrected chi connectivity index (χ4v) is 4.17. The lowest BCUT2D eigenvalue weighted by molar-refractivity contribution is -0.119. The van der Waals surface area contributed by atoms with Crippen LogP contribution >= 0.6 is 11.3 Å². The first kappa shape index (κ1) is 19.1. The molecule has 0 aliphatic heterocycles. The molecule has 5 rings (SSSR count). The molecule has 0 bridgehead atoms. The van der Waals surface area contributed by atoms with Crippen molar-refractivity contribution in [2.75, 3.05) is 4.90 Å². The second-order valence-corrected chi connectivity index (χ2v) is 7.91. The lowest BCUT2D eigenvalue weighted by Gasteiger charge is -2.23. The van der Waals surface area contributed by atoms with Gasteiger partial charge in [-0.1, -0.05) is 29.5 Å². The van der Waals surface area contributed by atoms with Crippen LogP contribution in [-0.2, 0) is 17.9 Å². The molecule has 0 aliphatic carbocycles. The second-order valence-electron chi connectivity index (χ2n) is 7.13. The maximum Gasteiger partial charge on any atom is 0.249 e. The minimum atomic E-state index is -0.0430. The summed E-state index contributed by atoms with van der Waals surface area (Å²) in [7, 11) is 0. The second kappa shape index (κ2) is 8.49. The highest BCUT2D eigenvalue weighted by molar-refractivity contribution is 7.07. The zero-order valence-electron chi connectivity index (χ0n) is 16.6. The topological polar surface area (TPSA) is 63.9 Å². The number of carbonyl (C=O) groups excluding carboxylic acids is 1. The van der Waals surface area contributed by atoms with E-state index in [9.17, 15) is 4.79 Å². The van der Waals surface area contributed by atoms with Gasteiger partial charge in [-0.25, -0.2) is 4.68 Å². The smallest absolute Gasteiger partial charge is 0.249 e. The van der Waals surface area contributed by atoms with Crippen LogP contribution in [0.3, 0.4) is 0 Å². The molecule has 3 heterocycles. The number of thiophene rings is 1. The third-order valence-corrected chi connectivity index (χ3v) is 5.85. The van der Waals surface area contributed by atoms with E-state index in [2.05, 4.69) is 20.7 Å². The first-order valence-electron chi connectivity index (χ1n) is 9.88. The zero-order chi connectivity index (χ0) is 21.0. The van der Waals surface area contributed by atoms with Crippen LogP contribution in [0.15, 0.2) is 89.9 Å². The van der Waals surface area contributed by atoms with Crippen LogP contribution in [0.2, 0.25) is 0 Å². The Balaban J connectivity index is 1.44. The molecular weight excluding hydrogens is 406 g/mol. The van der Waals surface area contributed by atoms with Crippen LogP contribution in [0.4, 0.5) is 5.69 Å². The molecule has 5 aromatic rings. The highest BCUT2D eigenvalue weighted by atomic mass is 32.1. The number of aromatic nitrogens is 4. The summed E-state index contributed by atoms with van der Waals surface area (Å²) in [5.41, 5.74) is 5.74. The maximum atomic E-state index is 13.4. The maximum absolute atomic E-state index is 13.4. The lowest BCUT2D eigenvalue weighted by atomic mass is 10.1. The van der Waals surface area contributed by atoms with Crippen molar-refractivity contribution in [2.24, 2.45) is 0 Å². The van der Waals surface area contributed by atoms with E-state index in [1.54, 1.807) is 33.3 Å². The van der Waals surface area contributed by atoms with Crippen molar-refractivity contribution in [3.63, 3.8) is 0 Å². The van der Waals surface area contributed by atoms with Crippen molar-refractivity contribution in [1.82, 2.24) is 20.0 Å². The predicted molar refractivity (Wildman–Crippen MR) is 123 cm³/mol. The number of hydrogen-bond acceptors (Lipinski definition) is 5. The SMILES string of the molecule is O=C(Cn1nnc2ccccc21)N(Cc1ccsc1)c1ccc(-c2ccncc2)cc1. The van der Waals surface area contributed by atoms with E-state index in [0.29, 0.717) is 6.54 Å². The van der Waals surface area contributed by atoms with Crippen LogP contribution in [-0.4, -0.2) is 25.9 Å². The summed E-state index contributed by atoms with van der Waals surface area (Å²) in [5, 5.41) is 12.4. The molecule has 2 aromatic carbocycles. The van der Waals surface area contributed by atoms with Crippen molar-refractivity contribution in [2.45, 2.75) is 13.1 Å². The Morgan fingerprint density at radius 3 is 2.48 bits per heavy atom. The molecule has 0 radical (unpaired) electrons. The Bertz CT molecular complexity index is 1300. The zero-order valence-corrected chi connectivity index (χ0v) is 17.4. The summed E-state index contributed by atoms with van der Waals surface area (Å²) in [6, 6.07) is 21.7. The molecule has 0 unspecified atom stereocenters. The van der Waals surface area contributed by atoms with Crippen LogP contribution in [0.5, 0.6) is 0 Å². The number of para-hydroxylation sites is 1. The van der Waals surface area contributed by atoms with Crippen molar-refractivity contribution >= 4 is 34.0 Å². The highest BCUT2D eigenvalue weighted by Gasteiger charge is 2.19. The van der Waals surface area contributed by atoms with E-state index in [1.807, 2.05) is 72.1 Å². The van der Waals surface area contributed by atoms with Crippen LogP contribution < -0.4 is 4.90 Å². The summed E-state index contributed by atoms with van der Waals surface area (Å²) < 4.78 is 1.66. The minimum Gasteiger partial charge on any atom is -0.306 e. The number of rotatable bonds is 6. The minimum absolute atomic E-state index is 0.0430. The van der Waals surface area contributed by atoms with Crippen molar-refractivity contribution < 1.29 is 4.79 Å². The third kappa shape index (κ3) is 4.08. The molecule has 0 saturated carbocycles. The molecule has 1 amide bonds. The Hall–Kier alpha value is -3.84. The molecule has 7 heteroatoms. The van der Waals surface area contributed by atoms with Gasteiger partial charge in [-0.2, -0.15) is 11.3 Å². The first-order valence-corrected chi connectivity index (χ1v) is 10.8. The van der Waals surface area contributed by atoms with Crippen LogP contribution in [0.25, 0.3) is 22.2 Å². The normalized spacial score (nSPS) is 11.0. The van der Waals surface area contributed by atoms with Gasteiger partial charge in [0.1, 0.15) is 12.1 Å². The number of fused-ring (bicyclic) bond motifs is 1. The number of nitrogens with zero attached hydrogens (tertiary/aromatic N) is 5. The lowest BCUT2D eigenvalue weighted by Crippen LogP contribution is -2.33. The summed E-state index contributed by atoms with van der Waals surface area (Å²) in [6.45, 7) is 0.625. The van der Waals surface area contributed by atoms with Crippen molar-refractivity contribution in [3.8, 4) is 11.1 Å². The van der Waals surface area contributed by atoms with Gasteiger partial charge in [0.15, 0.2) is 0 Å². The average Bonchev–Trinajstić information content (AvgIpc) is 3.48. The monoisotopic (exact) mass is 425 g/mol. The number of pyridine rings is 1. The number of anilines is 1. The van der Waals surface area contributed by atoms with Gasteiger partial charge in [0, 0.05) is 18.1 Å². The standard InChI is InChI=1S/C24H19N5OS/c30-24(16-29-23-4-2-1-3-22(23)26-27-29)28(15-18-11-14-31-17-18)21-7-5-19(6-8-21)20-9-12-25-13-10-20/h1-14,17H,15-16H2. The molecular formula is C24H19N5OS. The molecule has 31 heavy (non-hydrogen) atoms. The van der Waals surface area contributed by atoms with E-state index in [4.69, 9.17) is 0 Å². The average molecular weight is 426 g/mol. The van der Waals surface area contributed by atoms with Crippen LogP contribution in [0, 0.1) is 0 Å². The molecule has 152 valence electrons. The van der Waals surface area contributed by atoms with Gasteiger partial charge in [-0.3, -0.25) is 9.78 Å². The number of hydrogen-bond donors (Lipinski definition) is 0.